The maximum Gasteiger partial charge on any atom is 0.246 e. The van der Waals surface area contributed by atoms with Gasteiger partial charge in [0, 0.05) is 18.9 Å². The van der Waals surface area contributed by atoms with Gasteiger partial charge < -0.3 is 19.5 Å². The Morgan fingerprint density at radius 1 is 0.952 bits per heavy atom. The van der Waals surface area contributed by atoms with Crippen LogP contribution in [0.15, 0.2) is 0 Å². The summed E-state index contributed by atoms with van der Waals surface area (Å²) < 4.78 is 15.8. The molecule has 0 fully saturated rings. The van der Waals surface area contributed by atoms with Crippen LogP contribution in [0.3, 0.4) is 0 Å². The van der Waals surface area contributed by atoms with E-state index in [0.717, 1.165) is 0 Å². The van der Waals surface area contributed by atoms with Gasteiger partial charge in [-0.3, -0.25) is 9.59 Å². The number of Topliss-reactive ketones (excluding diaryl/α,β-unsaturated/α-hetero) is 1. The topological polar surface area (TPSA) is 73.9 Å². The molecule has 0 rings (SSSR count). The number of ether oxygens (including phenoxy) is 3. The second kappa shape index (κ2) is 12.7. The third-order valence-corrected chi connectivity index (χ3v) is 2.63. The molecule has 0 radical (unpaired) electrons. The monoisotopic (exact) mass is 303 g/mol. The number of carbonyl (C=O) groups excluding carboxylic acids is 2. The highest BCUT2D eigenvalue weighted by Crippen LogP contribution is 1.98. The number of amides is 1. The molecular weight excluding hydrogens is 274 g/mol. The average molecular weight is 303 g/mol. The third-order valence-electron chi connectivity index (χ3n) is 2.63. The van der Waals surface area contributed by atoms with Crippen LogP contribution in [-0.4, -0.2) is 57.4 Å². The van der Waals surface area contributed by atoms with E-state index in [1.54, 1.807) is 0 Å². The molecule has 6 nitrogen and oxygen atoms in total. The fraction of sp³-hybridized carbons (Fsp3) is 0.867. The molecule has 0 aromatic rings. The maximum atomic E-state index is 11.3. The highest BCUT2D eigenvalue weighted by molar-refractivity contribution is 5.80. The Kier molecular flexibility index (Phi) is 12.1. The van der Waals surface area contributed by atoms with E-state index < -0.39 is 0 Å². The maximum absolute atomic E-state index is 11.3. The van der Waals surface area contributed by atoms with E-state index in [0.29, 0.717) is 39.4 Å². The Morgan fingerprint density at radius 3 is 2.14 bits per heavy atom. The average Bonchev–Trinajstić information content (AvgIpc) is 2.42. The summed E-state index contributed by atoms with van der Waals surface area (Å²) in [6.07, 6.45) is 0.496. The van der Waals surface area contributed by atoms with Gasteiger partial charge >= 0.3 is 0 Å². The Balaban J connectivity index is 3.26. The van der Waals surface area contributed by atoms with Crippen LogP contribution in [-0.2, 0) is 23.8 Å². The van der Waals surface area contributed by atoms with Gasteiger partial charge in [-0.25, -0.2) is 0 Å². The highest BCUT2D eigenvalue weighted by atomic mass is 16.5. The quantitative estimate of drug-likeness (QED) is 0.517. The molecule has 0 unspecified atom stereocenters. The molecule has 0 bridgehead atoms. The summed E-state index contributed by atoms with van der Waals surface area (Å²) in [5.41, 5.74) is 0. The summed E-state index contributed by atoms with van der Waals surface area (Å²) in [5.74, 6) is 0.131. The molecule has 6 heteroatoms. The normalized spacial score (nSPS) is 11.1. The lowest BCUT2D eigenvalue weighted by Gasteiger charge is -2.09. The minimum absolute atomic E-state index is 0.0479. The van der Waals surface area contributed by atoms with Crippen molar-refractivity contribution in [3.8, 4) is 0 Å². The second-order valence-electron chi connectivity index (χ2n) is 5.31. The number of ketones is 1. The molecule has 21 heavy (non-hydrogen) atoms. The van der Waals surface area contributed by atoms with E-state index in [2.05, 4.69) is 5.32 Å². The molecule has 0 spiro atoms. The first kappa shape index (κ1) is 20.0. The second-order valence-corrected chi connectivity index (χ2v) is 5.31. The zero-order valence-electron chi connectivity index (χ0n) is 13.6. The van der Waals surface area contributed by atoms with E-state index in [4.69, 9.17) is 14.2 Å². The Bertz CT molecular complexity index is 292. The van der Waals surface area contributed by atoms with Crippen molar-refractivity contribution in [1.82, 2.24) is 5.32 Å². The number of carbonyl (C=O) groups is 2. The number of hydrogen-bond acceptors (Lipinski definition) is 5. The van der Waals surface area contributed by atoms with Crippen molar-refractivity contribution < 1.29 is 23.8 Å². The van der Waals surface area contributed by atoms with Gasteiger partial charge in [0.15, 0.2) is 0 Å². The summed E-state index contributed by atoms with van der Waals surface area (Å²) in [4.78, 5) is 22.6. The van der Waals surface area contributed by atoms with Crippen LogP contribution in [0.1, 0.15) is 34.1 Å². The molecule has 0 heterocycles. The van der Waals surface area contributed by atoms with Crippen molar-refractivity contribution in [2.45, 2.75) is 40.2 Å². The number of nitrogens with one attached hydrogen (secondary N) is 1. The molecule has 0 saturated carbocycles. The van der Waals surface area contributed by atoms with Crippen LogP contribution in [0, 0.1) is 5.92 Å². The summed E-state index contributed by atoms with van der Waals surface area (Å²) in [7, 11) is 0. The Hall–Kier alpha value is -0.980. The number of hydrogen-bond donors (Lipinski definition) is 1. The molecule has 0 aromatic carbocycles. The van der Waals surface area contributed by atoms with Crippen molar-refractivity contribution in [3.63, 3.8) is 0 Å². The van der Waals surface area contributed by atoms with Crippen molar-refractivity contribution in [3.05, 3.63) is 0 Å². The molecule has 0 saturated heterocycles. The van der Waals surface area contributed by atoms with E-state index in [1.807, 2.05) is 27.7 Å². The molecule has 0 aromatic heterocycles. The van der Waals surface area contributed by atoms with Crippen molar-refractivity contribution in [2.75, 3.05) is 39.6 Å². The first-order valence-electron chi connectivity index (χ1n) is 7.50. The molecule has 124 valence electrons. The smallest absolute Gasteiger partial charge is 0.246 e. The Morgan fingerprint density at radius 2 is 1.57 bits per heavy atom. The number of rotatable bonds is 13. The zero-order valence-corrected chi connectivity index (χ0v) is 13.6. The van der Waals surface area contributed by atoms with Crippen LogP contribution in [0.25, 0.3) is 0 Å². The highest BCUT2D eigenvalue weighted by Gasteiger charge is 2.06. The Labute approximate surface area is 127 Å². The minimum Gasteiger partial charge on any atom is -0.379 e. The predicted molar refractivity (Wildman–Crippen MR) is 80.2 cm³/mol. The summed E-state index contributed by atoms with van der Waals surface area (Å²) in [5, 5.41) is 2.69. The largest absolute Gasteiger partial charge is 0.379 e. The van der Waals surface area contributed by atoms with Gasteiger partial charge in [-0.15, -0.1) is 0 Å². The molecular formula is C15H29NO5. The SMILES string of the molecule is CC(C)OCC(=O)NCCOCCOCCC(=O)C(C)C. The molecule has 0 aliphatic rings. The fourth-order valence-electron chi connectivity index (χ4n) is 1.34. The van der Waals surface area contributed by atoms with Crippen LogP contribution >= 0.6 is 0 Å². The lowest BCUT2D eigenvalue weighted by atomic mass is 10.1. The van der Waals surface area contributed by atoms with Gasteiger partial charge in [-0.05, 0) is 13.8 Å². The molecule has 0 aliphatic carbocycles. The molecule has 1 N–H and O–H groups in total. The minimum atomic E-state index is -0.143. The van der Waals surface area contributed by atoms with Gasteiger partial charge in [0.05, 0.1) is 32.5 Å². The van der Waals surface area contributed by atoms with Gasteiger partial charge in [0.1, 0.15) is 12.4 Å². The lowest BCUT2D eigenvalue weighted by Crippen LogP contribution is -2.31. The van der Waals surface area contributed by atoms with Gasteiger partial charge in [0.25, 0.3) is 0 Å². The van der Waals surface area contributed by atoms with Crippen LogP contribution in [0.4, 0.5) is 0 Å². The summed E-state index contributed by atoms with van der Waals surface area (Å²) in [6.45, 7) is 9.82. The molecule has 0 atom stereocenters. The first-order chi connectivity index (χ1) is 9.93. The standard InChI is InChI=1S/C15H29NO5/c1-12(2)14(17)5-7-19-9-10-20-8-6-16-15(18)11-21-13(3)4/h12-13H,5-11H2,1-4H3,(H,16,18). The summed E-state index contributed by atoms with van der Waals surface area (Å²) >= 11 is 0. The van der Waals surface area contributed by atoms with E-state index >= 15 is 0 Å². The molecule has 1 amide bonds. The van der Waals surface area contributed by atoms with Crippen LogP contribution < -0.4 is 5.32 Å². The van der Waals surface area contributed by atoms with E-state index in [-0.39, 0.29) is 30.3 Å². The van der Waals surface area contributed by atoms with E-state index in [1.165, 1.54) is 0 Å². The summed E-state index contributed by atoms with van der Waals surface area (Å²) in [6, 6.07) is 0. The third kappa shape index (κ3) is 13.7. The lowest BCUT2D eigenvalue weighted by molar-refractivity contribution is -0.127. The predicted octanol–water partition coefficient (Wildman–Crippen LogP) is 1.18. The van der Waals surface area contributed by atoms with Crippen molar-refractivity contribution >= 4 is 11.7 Å². The zero-order chi connectivity index (χ0) is 16.1. The first-order valence-corrected chi connectivity index (χ1v) is 7.50. The van der Waals surface area contributed by atoms with Crippen molar-refractivity contribution in [1.29, 1.82) is 0 Å². The molecule has 0 aliphatic heterocycles. The van der Waals surface area contributed by atoms with Gasteiger partial charge in [0.2, 0.25) is 5.91 Å². The van der Waals surface area contributed by atoms with Crippen LogP contribution in [0.5, 0.6) is 0 Å². The van der Waals surface area contributed by atoms with Gasteiger partial charge in [-0.2, -0.15) is 0 Å². The van der Waals surface area contributed by atoms with E-state index in [9.17, 15) is 9.59 Å². The fourth-order valence-corrected chi connectivity index (χ4v) is 1.34. The van der Waals surface area contributed by atoms with Crippen LogP contribution in [0.2, 0.25) is 0 Å². The van der Waals surface area contributed by atoms with Gasteiger partial charge in [-0.1, -0.05) is 13.8 Å². The van der Waals surface area contributed by atoms with Crippen molar-refractivity contribution in [2.24, 2.45) is 5.92 Å².